The van der Waals surface area contributed by atoms with Crippen LogP contribution >= 0.6 is 0 Å². The first kappa shape index (κ1) is 26.1. The summed E-state index contributed by atoms with van der Waals surface area (Å²) < 4.78 is 43.8. The quantitative estimate of drug-likeness (QED) is 0.311. The van der Waals surface area contributed by atoms with Crippen LogP contribution in [0.15, 0.2) is 82.8 Å². The minimum atomic E-state index is -4.15. The Balaban J connectivity index is 1.84. The van der Waals surface area contributed by atoms with Gasteiger partial charge in [0, 0.05) is 6.07 Å². The molecule has 0 radical (unpaired) electrons. The molecule has 0 saturated carbocycles. The fraction of sp³-hybridized carbons (Fsp3) is 0.160. The molecule has 10 nitrogen and oxygen atoms in total. The molecular weight excluding hydrogens is 484 g/mol. The number of amides is 1. The monoisotopic (exact) mass is 508 g/mol. The number of nitrogens with zero attached hydrogens (tertiary/aromatic N) is 3. The molecule has 186 valence electrons. The van der Waals surface area contributed by atoms with Crippen molar-refractivity contribution in [2.24, 2.45) is 5.10 Å². The topological polar surface area (TPSA) is 130 Å². The van der Waals surface area contributed by atoms with Crippen molar-refractivity contribution in [2.45, 2.75) is 4.90 Å². The van der Waals surface area contributed by atoms with E-state index in [4.69, 9.17) is 19.5 Å². The van der Waals surface area contributed by atoms with E-state index >= 15 is 0 Å². The third-order valence-corrected chi connectivity index (χ3v) is 6.63. The van der Waals surface area contributed by atoms with Gasteiger partial charge in [-0.1, -0.05) is 18.2 Å². The van der Waals surface area contributed by atoms with Crippen LogP contribution in [0.3, 0.4) is 0 Å². The molecule has 0 heterocycles. The van der Waals surface area contributed by atoms with E-state index < -0.39 is 22.5 Å². The van der Waals surface area contributed by atoms with Gasteiger partial charge in [0.05, 0.1) is 31.0 Å². The van der Waals surface area contributed by atoms with Crippen LogP contribution in [0.25, 0.3) is 0 Å². The number of hydrazone groups is 1. The van der Waals surface area contributed by atoms with Gasteiger partial charge in [0.2, 0.25) is 0 Å². The maximum absolute atomic E-state index is 13.5. The van der Waals surface area contributed by atoms with Crippen molar-refractivity contribution in [2.75, 3.05) is 31.7 Å². The molecule has 0 aliphatic carbocycles. The van der Waals surface area contributed by atoms with E-state index in [2.05, 4.69) is 10.5 Å². The highest BCUT2D eigenvalue weighted by molar-refractivity contribution is 7.92. The smallest absolute Gasteiger partial charge is 0.264 e. The molecule has 0 aliphatic heterocycles. The summed E-state index contributed by atoms with van der Waals surface area (Å²) in [6.07, 6.45) is 1.40. The summed E-state index contributed by atoms with van der Waals surface area (Å²) in [4.78, 5) is 12.8. The van der Waals surface area contributed by atoms with Crippen molar-refractivity contribution in [3.63, 3.8) is 0 Å². The van der Waals surface area contributed by atoms with Gasteiger partial charge in [-0.3, -0.25) is 9.10 Å². The van der Waals surface area contributed by atoms with Crippen LogP contribution in [-0.2, 0) is 14.8 Å². The molecule has 11 heteroatoms. The average molecular weight is 509 g/mol. The number of carbonyl (C=O) groups is 1. The van der Waals surface area contributed by atoms with Crippen LogP contribution in [0.5, 0.6) is 17.2 Å². The van der Waals surface area contributed by atoms with Gasteiger partial charge < -0.3 is 14.2 Å². The van der Waals surface area contributed by atoms with Crippen LogP contribution in [0.2, 0.25) is 0 Å². The largest absolute Gasteiger partial charge is 0.497 e. The highest BCUT2D eigenvalue weighted by Crippen LogP contribution is 2.35. The van der Waals surface area contributed by atoms with Gasteiger partial charge in [0.1, 0.15) is 29.9 Å². The second-order valence-corrected chi connectivity index (χ2v) is 9.03. The average Bonchev–Trinajstić information content (AvgIpc) is 2.91. The van der Waals surface area contributed by atoms with Gasteiger partial charge in [-0.25, -0.2) is 13.8 Å². The van der Waals surface area contributed by atoms with Gasteiger partial charge in [-0.05, 0) is 54.1 Å². The standard InChI is InChI=1S/C25H24N4O6S/c1-33-21-12-13-24(34-2)23(16-21)29(36(31,32)22-6-4-3-5-7-22)18-25(30)28-27-17-19-8-10-20(11-9-19)35-15-14-26/h3-13,16-17H,15,18H2,1-2H3,(H,28,30)/b27-17-. The van der Waals surface area contributed by atoms with Crippen molar-refractivity contribution in [1.82, 2.24) is 5.43 Å². The molecule has 1 N–H and O–H groups in total. The molecule has 0 bridgehead atoms. The number of anilines is 1. The van der Waals surface area contributed by atoms with Crippen LogP contribution in [0.4, 0.5) is 5.69 Å². The summed E-state index contributed by atoms with van der Waals surface area (Å²) >= 11 is 0. The Bertz CT molecular complexity index is 1350. The van der Waals surface area contributed by atoms with Gasteiger partial charge >= 0.3 is 0 Å². The molecule has 36 heavy (non-hydrogen) atoms. The van der Waals surface area contributed by atoms with Crippen molar-refractivity contribution in [3.8, 4) is 23.3 Å². The number of hydrogen-bond donors (Lipinski definition) is 1. The fourth-order valence-electron chi connectivity index (χ4n) is 3.12. The second kappa shape index (κ2) is 12.2. The van der Waals surface area contributed by atoms with Gasteiger partial charge in [0.25, 0.3) is 15.9 Å². The number of benzene rings is 3. The van der Waals surface area contributed by atoms with Gasteiger partial charge in [0.15, 0.2) is 6.61 Å². The molecule has 0 saturated heterocycles. The lowest BCUT2D eigenvalue weighted by Crippen LogP contribution is -2.39. The first-order chi connectivity index (χ1) is 17.4. The number of hydrogen-bond acceptors (Lipinski definition) is 8. The Hall–Kier alpha value is -4.56. The molecule has 0 unspecified atom stereocenters. The number of carbonyl (C=O) groups excluding carboxylic acids is 1. The molecule has 0 atom stereocenters. The maximum atomic E-state index is 13.5. The normalized spacial score (nSPS) is 10.9. The van der Waals surface area contributed by atoms with Crippen molar-refractivity contribution in [3.05, 3.63) is 78.4 Å². The molecule has 3 rings (SSSR count). The minimum Gasteiger partial charge on any atom is -0.497 e. The summed E-state index contributed by atoms with van der Waals surface area (Å²) in [5.41, 5.74) is 3.14. The highest BCUT2D eigenvalue weighted by Gasteiger charge is 2.29. The number of nitrogens with one attached hydrogen (secondary N) is 1. The number of rotatable bonds is 11. The molecular formula is C25H24N4O6S. The maximum Gasteiger partial charge on any atom is 0.264 e. The van der Waals surface area contributed by atoms with E-state index in [1.54, 1.807) is 54.6 Å². The lowest BCUT2D eigenvalue weighted by Gasteiger charge is -2.25. The Morgan fingerprint density at radius 2 is 1.72 bits per heavy atom. The van der Waals surface area contributed by atoms with Crippen LogP contribution < -0.4 is 23.9 Å². The summed E-state index contributed by atoms with van der Waals surface area (Å²) in [5, 5.41) is 12.5. The predicted octanol–water partition coefficient (Wildman–Crippen LogP) is 2.95. The van der Waals surface area contributed by atoms with Crippen LogP contribution in [-0.4, -0.2) is 47.9 Å². The summed E-state index contributed by atoms with van der Waals surface area (Å²) in [6.45, 7) is -0.636. The third kappa shape index (κ3) is 6.52. The van der Waals surface area contributed by atoms with E-state index in [1.165, 1.54) is 38.6 Å². The lowest BCUT2D eigenvalue weighted by atomic mass is 10.2. The Morgan fingerprint density at radius 1 is 1.03 bits per heavy atom. The number of nitriles is 1. The number of methoxy groups -OCH3 is 2. The lowest BCUT2D eigenvalue weighted by molar-refractivity contribution is -0.119. The van der Waals surface area contributed by atoms with E-state index in [9.17, 15) is 13.2 Å². The molecule has 0 spiro atoms. The van der Waals surface area contributed by atoms with E-state index in [-0.39, 0.29) is 22.9 Å². The van der Waals surface area contributed by atoms with Crippen LogP contribution in [0, 0.1) is 11.3 Å². The summed E-state index contributed by atoms with van der Waals surface area (Å²) in [5.74, 6) is 0.473. The first-order valence-corrected chi connectivity index (χ1v) is 12.0. The molecule has 0 fully saturated rings. The zero-order valence-electron chi connectivity index (χ0n) is 19.6. The van der Waals surface area contributed by atoms with Crippen LogP contribution in [0.1, 0.15) is 5.56 Å². The molecule has 0 aromatic heterocycles. The zero-order valence-corrected chi connectivity index (χ0v) is 20.4. The first-order valence-electron chi connectivity index (χ1n) is 10.6. The fourth-order valence-corrected chi connectivity index (χ4v) is 4.57. The molecule has 3 aromatic carbocycles. The second-order valence-electron chi connectivity index (χ2n) is 7.17. The molecule has 3 aromatic rings. The Morgan fingerprint density at radius 3 is 2.36 bits per heavy atom. The number of ether oxygens (including phenoxy) is 3. The third-order valence-electron chi connectivity index (χ3n) is 4.86. The summed E-state index contributed by atoms with van der Waals surface area (Å²) in [7, 11) is -1.30. The van der Waals surface area contributed by atoms with Gasteiger partial charge in [-0.2, -0.15) is 10.4 Å². The predicted molar refractivity (Wildman–Crippen MR) is 134 cm³/mol. The Kier molecular flexibility index (Phi) is 8.85. The highest BCUT2D eigenvalue weighted by atomic mass is 32.2. The molecule has 1 amide bonds. The van der Waals surface area contributed by atoms with E-state index in [1.807, 2.05) is 6.07 Å². The SMILES string of the molecule is COc1ccc(OC)c(N(CC(=O)N/N=C\c2ccc(OCC#N)cc2)S(=O)(=O)c2ccccc2)c1. The molecule has 0 aliphatic rings. The van der Waals surface area contributed by atoms with Crippen molar-refractivity contribution in [1.29, 1.82) is 5.26 Å². The summed E-state index contributed by atoms with van der Waals surface area (Å²) in [6, 6.07) is 21.0. The minimum absolute atomic E-state index is 0.00452. The van der Waals surface area contributed by atoms with Crippen molar-refractivity contribution < 1.29 is 27.4 Å². The van der Waals surface area contributed by atoms with E-state index in [0.717, 1.165) is 4.31 Å². The van der Waals surface area contributed by atoms with Crippen molar-refractivity contribution >= 4 is 27.8 Å². The van der Waals surface area contributed by atoms with Gasteiger partial charge in [-0.15, -0.1) is 0 Å². The Labute approximate surface area is 209 Å². The zero-order chi connectivity index (χ0) is 26.0. The number of sulfonamides is 1. The van der Waals surface area contributed by atoms with E-state index in [0.29, 0.717) is 17.1 Å².